The van der Waals surface area contributed by atoms with Crippen molar-refractivity contribution >= 4 is 16.8 Å². The second-order valence-electron chi connectivity index (χ2n) is 7.82. The first-order valence-electron chi connectivity index (χ1n) is 8.86. The summed E-state index contributed by atoms with van der Waals surface area (Å²) in [5.41, 5.74) is 3.47. The van der Waals surface area contributed by atoms with Crippen LogP contribution in [0.1, 0.15) is 31.3 Å². The lowest BCUT2D eigenvalue weighted by molar-refractivity contribution is 0.0330. The molecule has 0 spiro atoms. The molecular weight excluding hydrogens is 326 g/mol. The number of H-pyrrole nitrogens is 1. The van der Waals surface area contributed by atoms with Crippen molar-refractivity contribution < 1.29 is 4.79 Å². The molecular formula is C20H23N5O. The van der Waals surface area contributed by atoms with E-state index in [2.05, 4.69) is 46.2 Å². The maximum absolute atomic E-state index is 12.7. The molecule has 0 aliphatic carbocycles. The van der Waals surface area contributed by atoms with Gasteiger partial charge in [-0.2, -0.15) is 5.10 Å². The maximum atomic E-state index is 12.7. The van der Waals surface area contributed by atoms with Crippen LogP contribution in [0.2, 0.25) is 0 Å². The fraction of sp³-hybridized carbons (Fsp3) is 0.350. The molecule has 1 aliphatic heterocycles. The monoisotopic (exact) mass is 349 g/mol. The van der Waals surface area contributed by atoms with Gasteiger partial charge in [0.25, 0.3) is 5.91 Å². The first kappa shape index (κ1) is 16.7. The van der Waals surface area contributed by atoms with Crippen LogP contribution in [0.5, 0.6) is 0 Å². The van der Waals surface area contributed by atoms with E-state index in [0.717, 1.165) is 35.1 Å². The van der Waals surface area contributed by atoms with Crippen LogP contribution in [0.15, 0.2) is 42.7 Å². The van der Waals surface area contributed by atoms with Gasteiger partial charge >= 0.3 is 0 Å². The van der Waals surface area contributed by atoms with E-state index in [9.17, 15) is 4.79 Å². The summed E-state index contributed by atoms with van der Waals surface area (Å²) in [6, 6.07) is 10.0. The molecule has 0 saturated carbocycles. The van der Waals surface area contributed by atoms with Crippen molar-refractivity contribution in [2.24, 2.45) is 0 Å². The van der Waals surface area contributed by atoms with E-state index in [1.165, 1.54) is 0 Å². The van der Waals surface area contributed by atoms with Gasteiger partial charge in [0.15, 0.2) is 5.69 Å². The third kappa shape index (κ3) is 3.08. The Morgan fingerprint density at radius 1 is 1.23 bits per heavy atom. The summed E-state index contributed by atoms with van der Waals surface area (Å²) < 4.78 is 0. The standard InChI is InChI=1S/C20H23N5O/c1-20(2,3)25-11-15(12-25)22-19(26)18-16-9-13(6-7-17(16)23-24-18)14-5-4-8-21-10-14/h4-10,15H,11-12H2,1-3H3,(H,22,26)(H,23,24). The molecule has 1 amide bonds. The Morgan fingerprint density at radius 3 is 2.73 bits per heavy atom. The molecule has 2 N–H and O–H groups in total. The predicted molar refractivity (Wildman–Crippen MR) is 102 cm³/mol. The number of likely N-dealkylation sites (tertiary alicyclic amines) is 1. The first-order valence-corrected chi connectivity index (χ1v) is 8.86. The average molecular weight is 349 g/mol. The zero-order valence-corrected chi connectivity index (χ0v) is 15.3. The molecule has 0 atom stereocenters. The number of nitrogens with one attached hydrogen (secondary N) is 2. The number of carbonyl (C=O) groups is 1. The third-order valence-corrected chi connectivity index (χ3v) is 4.94. The van der Waals surface area contributed by atoms with Crippen molar-refractivity contribution in [2.45, 2.75) is 32.4 Å². The highest BCUT2D eigenvalue weighted by Crippen LogP contribution is 2.25. The fourth-order valence-corrected chi connectivity index (χ4v) is 3.27. The Morgan fingerprint density at radius 2 is 2.04 bits per heavy atom. The quantitative estimate of drug-likeness (QED) is 0.762. The van der Waals surface area contributed by atoms with Crippen LogP contribution in [0.4, 0.5) is 0 Å². The molecule has 0 radical (unpaired) electrons. The highest BCUT2D eigenvalue weighted by atomic mass is 16.2. The normalized spacial score (nSPS) is 15.8. The Labute approximate surface area is 152 Å². The highest BCUT2D eigenvalue weighted by Gasteiger charge is 2.35. The maximum Gasteiger partial charge on any atom is 0.272 e. The van der Waals surface area contributed by atoms with Gasteiger partial charge in [0.1, 0.15) is 0 Å². The number of benzene rings is 1. The summed E-state index contributed by atoms with van der Waals surface area (Å²) in [4.78, 5) is 19.2. The first-order chi connectivity index (χ1) is 12.4. The number of nitrogens with zero attached hydrogens (tertiary/aromatic N) is 3. The lowest BCUT2D eigenvalue weighted by Gasteiger charge is -2.47. The number of pyridine rings is 1. The SMILES string of the molecule is CC(C)(C)N1CC(NC(=O)c2n[nH]c3ccc(-c4cccnc4)cc23)C1. The van der Waals surface area contributed by atoms with Crippen molar-refractivity contribution in [1.29, 1.82) is 0 Å². The van der Waals surface area contributed by atoms with Crippen LogP contribution < -0.4 is 5.32 Å². The topological polar surface area (TPSA) is 73.9 Å². The Bertz CT molecular complexity index is 936. The molecule has 3 heterocycles. The summed E-state index contributed by atoms with van der Waals surface area (Å²) in [5, 5.41) is 11.1. The van der Waals surface area contributed by atoms with Gasteiger partial charge in [0, 0.05) is 42.0 Å². The molecule has 1 fully saturated rings. The van der Waals surface area contributed by atoms with E-state index in [1.54, 1.807) is 6.20 Å². The molecule has 1 aromatic carbocycles. The Kier molecular flexibility index (Phi) is 4.00. The lowest BCUT2D eigenvalue weighted by atomic mass is 9.97. The smallest absolute Gasteiger partial charge is 0.272 e. The van der Waals surface area contributed by atoms with Gasteiger partial charge in [-0.3, -0.25) is 19.8 Å². The number of hydrogen-bond acceptors (Lipinski definition) is 4. The summed E-state index contributed by atoms with van der Waals surface area (Å²) in [6.45, 7) is 8.31. The Hall–Kier alpha value is -2.73. The van der Waals surface area contributed by atoms with Crippen LogP contribution in [0, 0.1) is 0 Å². The molecule has 6 nitrogen and oxygen atoms in total. The van der Waals surface area contributed by atoms with Gasteiger partial charge < -0.3 is 5.32 Å². The van der Waals surface area contributed by atoms with E-state index >= 15 is 0 Å². The number of aromatic nitrogens is 3. The summed E-state index contributed by atoms with van der Waals surface area (Å²) in [7, 11) is 0. The Balaban J connectivity index is 1.54. The minimum Gasteiger partial charge on any atom is -0.345 e. The number of hydrogen-bond donors (Lipinski definition) is 2. The molecule has 4 rings (SSSR count). The summed E-state index contributed by atoms with van der Waals surface area (Å²) >= 11 is 0. The van der Waals surface area contributed by atoms with Crippen molar-refractivity contribution in [3.05, 3.63) is 48.4 Å². The molecule has 26 heavy (non-hydrogen) atoms. The van der Waals surface area contributed by atoms with Crippen molar-refractivity contribution in [3.63, 3.8) is 0 Å². The summed E-state index contributed by atoms with van der Waals surface area (Å²) in [5.74, 6) is -0.127. The van der Waals surface area contributed by atoms with Gasteiger partial charge in [-0.05, 0) is 44.5 Å². The van der Waals surface area contributed by atoms with Crippen molar-refractivity contribution in [1.82, 2.24) is 25.4 Å². The van der Waals surface area contributed by atoms with E-state index in [0.29, 0.717) is 5.69 Å². The molecule has 6 heteroatoms. The zero-order chi connectivity index (χ0) is 18.3. The van der Waals surface area contributed by atoms with Gasteiger partial charge in [-0.25, -0.2) is 0 Å². The van der Waals surface area contributed by atoms with Crippen LogP contribution in [-0.2, 0) is 0 Å². The van der Waals surface area contributed by atoms with Crippen LogP contribution in [-0.4, -0.2) is 50.7 Å². The van der Waals surface area contributed by atoms with E-state index in [1.807, 2.05) is 36.5 Å². The van der Waals surface area contributed by atoms with Crippen LogP contribution in [0.3, 0.4) is 0 Å². The molecule has 1 saturated heterocycles. The average Bonchev–Trinajstić information content (AvgIpc) is 3.00. The van der Waals surface area contributed by atoms with Crippen LogP contribution >= 0.6 is 0 Å². The lowest BCUT2D eigenvalue weighted by Crippen LogP contribution is -2.64. The number of carbonyl (C=O) groups excluding carboxylic acids is 1. The van der Waals surface area contributed by atoms with E-state index in [4.69, 9.17) is 0 Å². The van der Waals surface area contributed by atoms with Gasteiger partial charge in [-0.15, -0.1) is 0 Å². The van der Waals surface area contributed by atoms with Crippen LogP contribution in [0.25, 0.3) is 22.0 Å². The van der Waals surface area contributed by atoms with Crippen molar-refractivity contribution in [3.8, 4) is 11.1 Å². The van der Waals surface area contributed by atoms with Gasteiger partial charge in [0.05, 0.1) is 11.6 Å². The zero-order valence-electron chi connectivity index (χ0n) is 15.3. The molecule has 0 unspecified atom stereocenters. The number of rotatable bonds is 3. The fourth-order valence-electron chi connectivity index (χ4n) is 3.27. The second kappa shape index (κ2) is 6.21. The third-order valence-electron chi connectivity index (χ3n) is 4.94. The van der Waals surface area contributed by atoms with E-state index in [-0.39, 0.29) is 17.5 Å². The molecule has 2 aromatic heterocycles. The van der Waals surface area contributed by atoms with Crippen molar-refractivity contribution in [2.75, 3.05) is 13.1 Å². The molecule has 3 aromatic rings. The minimum absolute atomic E-state index is 0.127. The molecule has 1 aliphatic rings. The number of amides is 1. The van der Waals surface area contributed by atoms with E-state index < -0.39 is 0 Å². The molecule has 0 bridgehead atoms. The molecule has 134 valence electrons. The van der Waals surface area contributed by atoms with Gasteiger partial charge in [-0.1, -0.05) is 12.1 Å². The summed E-state index contributed by atoms with van der Waals surface area (Å²) in [6.07, 6.45) is 3.56. The minimum atomic E-state index is -0.127. The second-order valence-corrected chi connectivity index (χ2v) is 7.82. The largest absolute Gasteiger partial charge is 0.345 e. The number of aromatic amines is 1. The number of fused-ring (bicyclic) bond motifs is 1. The highest BCUT2D eigenvalue weighted by molar-refractivity contribution is 6.05. The predicted octanol–water partition coefficient (Wildman–Crippen LogP) is 2.84. The van der Waals surface area contributed by atoms with Gasteiger partial charge in [0.2, 0.25) is 0 Å².